The first-order valence-corrected chi connectivity index (χ1v) is 8.72. The highest BCUT2D eigenvalue weighted by Gasteiger charge is 2.17. The first kappa shape index (κ1) is 20.5. The molecular weight excluding hydrogens is 356 g/mol. The van der Waals surface area contributed by atoms with Crippen molar-refractivity contribution in [3.8, 4) is 12.0 Å². The Morgan fingerprint density at radius 1 is 1.14 bits per heavy atom. The molecule has 1 unspecified atom stereocenters. The summed E-state index contributed by atoms with van der Waals surface area (Å²) in [7, 11) is 0. The molecule has 0 aliphatic rings. The van der Waals surface area contributed by atoms with Gasteiger partial charge in [-0.25, -0.2) is 4.79 Å². The van der Waals surface area contributed by atoms with Gasteiger partial charge in [-0.1, -0.05) is 60.5 Å². The van der Waals surface area contributed by atoms with E-state index in [1.54, 1.807) is 30.5 Å². The third-order valence-corrected chi connectivity index (χ3v) is 3.89. The number of carbonyl (C=O) groups excluding carboxylic acids is 1. The van der Waals surface area contributed by atoms with Crippen molar-refractivity contribution in [1.29, 1.82) is 0 Å². The number of nitrogens with zero attached hydrogens (tertiary/aromatic N) is 1. The maximum absolute atomic E-state index is 12.0. The van der Waals surface area contributed by atoms with Gasteiger partial charge < -0.3 is 16.3 Å². The van der Waals surface area contributed by atoms with Gasteiger partial charge in [0.1, 0.15) is 0 Å². The third-order valence-electron chi connectivity index (χ3n) is 3.89. The Bertz CT molecular complexity index is 868. The summed E-state index contributed by atoms with van der Waals surface area (Å²) >= 11 is 0. The smallest absolute Gasteiger partial charge is 0.326 e. The van der Waals surface area contributed by atoms with Crippen molar-refractivity contribution in [2.24, 2.45) is 10.9 Å². The predicted molar refractivity (Wildman–Crippen MR) is 107 cm³/mol. The van der Waals surface area contributed by atoms with E-state index in [1.807, 2.05) is 30.3 Å². The van der Waals surface area contributed by atoms with Crippen molar-refractivity contribution in [3.05, 3.63) is 71.3 Å². The largest absolute Gasteiger partial charge is 0.481 e. The van der Waals surface area contributed by atoms with Crippen molar-refractivity contribution >= 4 is 18.2 Å². The highest BCUT2D eigenvalue weighted by atomic mass is 16.4. The fourth-order valence-electron chi connectivity index (χ4n) is 2.53. The van der Waals surface area contributed by atoms with Crippen LogP contribution in [-0.4, -0.2) is 23.3 Å². The Kier molecular flexibility index (Phi) is 8.09. The minimum atomic E-state index is -0.996. The Balaban J connectivity index is 1.81. The van der Waals surface area contributed by atoms with Crippen molar-refractivity contribution in [3.63, 3.8) is 0 Å². The fraction of sp³-hybridized carbons (Fsp3) is 0.190. The standard InChI is InChI=1S/C21H22N4O3/c22-24-15-17-11-9-16(10-12-17)6-4-5-13-23-21(28)25-19(14-20(26)27)18-7-2-1-3-8-18/h1-3,7-12,15,19H,4,6,14,22H2,(H,26,27)(H2,23,25,28). The lowest BCUT2D eigenvalue weighted by Crippen LogP contribution is -2.36. The normalized spacial score (nSPS) is 11.3. The number of nitrogens with one attached hydrogen (secondary N) is 2. The van der Waals surface area contributed by atoms with Crippen molar-refractivity contribution in [2.45, 2.75) is 25.3 Å². The first-order chi connectivity index (χ1) is 13.6. The molecule has 0 spiro atoms. The molecule has 0 radical (unpaired) electrons. The van der Waals surface area contributed by atoms with E-state index in [-0.39, 0.29) is 6.42 Å². The van der Waals surface area contributed by atoms with E-state index in [0.717, 1.165) is 23.1 Å². The van der Waals surface area contributed by atoms with Crippen LogP contribution in [0.4, 0.5) is 4.79 Å². The number of hydrazone groups is 1. The molecule has 28 heavy (non-hydrogen) atoms. The van der Waals surface area contributed by atoms with Gasteiger partial charge in [0, 0.05) is 12.5 Å². The Morgan fingerprint density at radius 2 is 1.86 bits per heavy atom. The molecule has 1 atom stereocenters. The summed E-state index contributed by atoms with van der Waals surface area (Å²) in [5, 5.41) is 17.6. The number of aryl methyl sites for hydroxylation is 1. The van der Waals surface area contributed by atoms with Crippen LogP contribution < -0.4 is 16.5 Å². The summed E-state index contributed by atoms with van der Waals surface area (Å²) < 4.78 is 0. The maximum atomic E-state index is 12.0. The van der Waals surface area contributed by atoms with Gasteiger partial charge >= 0.3 is 12.0 Å². The molecule has 0 aliphatic heterocycles. The van der Waals surface area contributed by atoms with E-state index in [9.17, 15) is 9.59 Å². The van der Waals surface area contributed by atoms with Gasteiger partial charge in [0.2, 0.25) is 0 Å². The average Bonchev–Trinajstić information content (AvgIpc) is 2.69. The second kappa shape index (κ2) is 11.0. The number of aliphatic carboxylic acids is 1. The molecule has 2 aromatic carbocycles. The second-order valence-electron chi connectivity index (χ2n) is 5.98. The summed E-state index contributed by atoms with van der Waals surface area (Å²) in [6.45, 7) is 0. The van der Waals surface area contributed by atoms with Crippen molar-refractivity contribution < 1.29 is 14.7 Å². The van der Waals surface area contributed by atoms with Crippen LogP contribution >= 0.6 is 0 Å². The first-order valence-electron chi connectivity index (χ1n) is 8.72. The van der Waals surface area contributed by atoms with Crippen LogP contribution in [0, 0.1) is 12.0 Å². The average molecular weight is 378 g/mol. The highest BCUT2D eigenvalue weighted by Crippen LogP contribution is 2.16. The number of benzene rings is 2. The van der Waals surface area contributed by atoms with Crippen molar-refractivity contribution in [2.75, 3.05) is 0 Å². The second-order valence-corrected chi connectivity index (χ2v) is 5.98. The number of urea groups is 1. The number of carboxylic acid groups (broad SMARTS) is 1. The molecule has 2 aromatic rings. The Hall–Kier alpha value is -3.79. The van der Waals surface area contributed by atoms with E-state index < -0.39 is 18.0 Å². The Morgan fingerprint density at radius 3 is 2.50 bits per heavy atom. The van der Waals surface area contributed by atoms with Gasteiger partial charge in [-0.05, 0) is 23.1 Å². The molecule has 2 rings (SSSR count). The van der Waals surface area contributed by atoms with E-state index in [0.29, 0.717) is 6.42 Å². The predicted octanol–water partition coefficient (Wildman–Crippen LogP) is 2.39. The van der Waals surface area contributed by atoms with Crippen LogP contribution in [0.1, 0.15) is 35.6 Å². The molecule has 7 nitrogen and oxygen atoms in total. The number of carboxylic acids is 1. The van der Waals surface area contributed by atoms with E-state index in [2.05, 4.69) is 27.7 Å². The van der Waals surface area contributed by atoms with Gasteiger partial charge in [-0.3, -0.25) is 10.1 Å². The van der Waals surface area contributed by atoms with Crippen LogP contribution in [0.25, 0.3) is 0 Å². The zero-order valence-electron chi connectivity index (χ0n) is 15.3. The van der Waals surface area contributed by atoms with Crippen molar-refractivity contribution in [1.82, 2.24) is 10.6 Å². The maximum Gasteiger partial charge on any atom is 0.326 e. The molecule has 0 fully saturated rings. The number of rotatable bonds is 7. The number of carbonyl (C=O) groups is 2. The zero-order chi connectivity index (χ0) is 20.2. The quantitative estimate of drug-likeness (QED) is 0.195. The Labute approximate surface area is 163 Å². The lowest BCUT2D eigenvalue weighted by Gasteiger charge is -2.16. The molecule has 0 saturated carbocycles. The van der Waals surface area contributed by atoms with Crippen LogP contribution in [0.15, 0.2) is 59.7 Å². The molecule has 7 heteroatoms. The molecule has 0 bridgehead atoms. The number of nitrogens with two attached hydrogens (primary N) is 1. The summed E-state index contributed by atoms with van der Waals surface area (Å²) in [5.41, 5.74) is 2.75. The molecule has 2 amide bonds. The van der Waals surface area contributed by atoms with E-state index in [4.69, 9.17) is 10.9 Å². The summed E-state index contributed by atoms with van der Waals surface area (Å²) in [5.74, 6) is 6.98. The van der Waals surface area contributed by atoms with Crippen LogP contribution in [0.2, 0.25) is 0 Å². The minimum absolute atomic E-state index is 0.213. The molecule has 0 saturated heterocycles. The fourth-order valence-corrected chi connectivity index (χ4v) is 2.53. The molecular formula is C21H22N4O3. The molecule has 0 aliphatic carbocycles. The SMILES string of the molecule is NN=Cc1ccc(CCC#CNC(=O)NC(CC(=O)O)c2ccccc2)cc1. The number of amides is 2. The van der Waals surface area contributed by atoms with Gasteiger partial charge in [0.25, 0.3) is 0 Å². The summed E-state index contributed by atoms with van der Waals surface area (Å²) in [6, 6.07) is 18.1. The molecule has 0 heterocycles. The molecule has 144 valence electrons. The molecule has 5 N–H and O–H groups in total. The number of hydrogen-bond donors (Lipinski definition) is 4. The monoisotopic (exact) mass is 378 g/mol. The zero-order valence-corrected chi connectivity index (χ0v) is 15.3. The van der Waals surface area contributed by atoms with Crippen LogP contribution in [-0.2, 0) is 11.2 Å². The van der Waals surface area contributed by atoms with Gasteiger partial charge in [-0.2, -0.15) is 5.10 Å². The van der Waals surface area contributed by atoms with E-state index >= 15 is 0 Å². The summed E-state index contributed by atoms with van der Waals surface area (Å²) in [4.78, 5) is 23.0. The minimum Gasteiger partial charge on any atom is -0.481 e. The van der Waals surface area contributed by atoms with E-state index in [1.165, 1.54) is 0 Å². The lowest BCUT2D eigenvalue weighted by atomic mass is 10.0. The van der Waals surface area contributed by atoms with Crippen LogP contribution in [0.5, 0.6) is 0 Å². The lowest BCUT2D eigenvalue weighted by molar-refractivity contribution is -0.137. The third kappa shape index (κ3) is 7.22. The van der Waals surface area contributed by atoms with Gasteiger partial charge in [0.15, 0.2) is 0 Å². The van der Waals surface area contributed by atoms with Gasteiger partial charge in [-0.15, -0.1) is 0 Å². The number of hydrogen-bond acceptors (Lipinski definition) is 4. The molecule has 0 aromatic heterocycles. The highest BCUT2D eigenvalue weighted by molar-refractivity contribution is 5.79. The summed E-state index contributed by atoms with van der Waals surface area (Å²) in [6.07, 6.45) is 2.67. The van der Waals surface area contributed by atoms with Crippen LogP contribution in [0.3, 0.4) is 0 Å². The van der Waals surface area contributed by atoms with Gasteiger partial charge in [0.05, 0.1) is 18.7 Å². The topological polar surface area (TPSA) is 117 Å².